The molecule has 0 heterocycles. The maximum absolute atomic E-state index is 6.51. The molecule has 3 aliphatic rings. The molecule has 3 saturated carbocycles. The molecule has 0 aromatic heterocycles. The standard InChI is InChI=1S/C16H27BrO2/c1-18-12-6-5-7-13(10-12)19-15-11-14(17)16(15)8-3-2-4-9-16/h12-15H,2-11H2,1H3. The number of methoxy groups -OCH3 is 1. The summed E-state index contributed by atoms with van der Waals surface area (Å²) in [7, 11) is 1.84. The molecular formula is C16H27BrO2. The van der Waals surface area contributed by atoms with E-state index in [-0.39, 0.29) is 0 Å². The lowest BCUT2D eigenvalue weighted by molar-refractivity contribution is -0.164. The third-order valence-electron chi connectivity index (χ3n) is 5.74. The molecule has 4 unspecified atom stereocenters. The topological polar surface area (TPSA) is 18.5 Å². The van der Waals surface area contributed by atoms with Gasteiger partial charge in [0.15, 0.2) is 0 Å². The Morgan fingerprint density at radius 1 is 0.947 bits per heavy atom. The first-order valence-corrected chi connectivity index (χ1v) is 8.98. The van der Waals surface area contributed by atoms with Gasteiger partial charge in [0.2, 0.25) is 0 Å². The van der Waals surface area contributed by atoms with Crippen LogP contribution in [0.15, 0.2) is 0 Å². The van der Waals surface area contributed by atoms with E-state index in [9.17, 15) is 0 Å². The predicted octanol–water partition coefficient (Wildman–Crippen LogP) is 4.45. The maximum atomic E-state index is 6.51. The summed E-state index contributed by atoms with van der Waals surface area (Å²) in [6.45, 7) is 0. The summed E-state index contributed by atoms with van der Waals surface area (Å²) in [6, 6.07) is 0. The van der Waals surface area contributed by atoms with Crippen molar-refractivity contribution in [3.63, 3.8) is 0 Å². The molecule has 0 aromatic rings. The number of ether oxygens (including phenoxy) is 2. The molecule has 0 radical (unpaired) electrons. The van der Waals surface area contributed by atoms with E-state index in [4.69, 9.17) is 9.47 Å². The first kappa shape index (κ1) is 14.3. The van der Waals surface area contributed by atoms with Crippen LogP contribution in [0.3, 0.4) is 0 Å². The van der Waals surface area contributed by atoms with Gasteiger partial charge in [-0.1, -0.05) is 35.2 Å². The van der Waals surface area contributed by atoms with Gasteiger partial charge in [-0.2, -0.15) is 0 Å². The first-order chi connectivity index (χ1) is 9.24. The Hall–Kier alpha value is 0.400. The van der Waals surface area contributed by atoms with E-state index in [0.29, 0.717) is 28.6 Å². The SMILES string of the molecule is COC1CCCC(OC2CC(Br)C23CCCCC3)C1. The van der Waals surface area contributed by atoms with Gasteiger partial charge in [0, 0.05) is 17.4 Å². The second-order valence-corrected chi connectivity index (χ2v) is 7.87. The minimum Gasteiger partial charge on any atom is -0.381 e. The fraction of sp³-hybridized carbons (Fsp3) is 1.00. The van der Waals surface area contributed by atoms with E-state index in [1.54, 1.807) is 0 Å². The fourth-order valence-corrected chi connectivity index (χ4v) is 5.50. The number of alkyl halides is 1. The summed E-state index contributed by atoms with van der Waals surface area (Å²) in [4.78, 5) is 0.701. The molecule has 1 spiro atoms. The van der Waals surface area contributed by atoms with Crippen molar-refractivity contribution in [3.05, 3.63) is 0 Å². The molecule has 3 aliphatic carbocycles. The molecule has 2 nitrogen and oxygen atoms in total. The highest BCUT2D eigenvalue weighted by Crippen LogP contribution is 2.57. The average molecular weight is 331 g/mol. The van der Waals surface area contributed by atoms with E-state index in [2.05, 4.69) is 15.9 Å². The molecule has 3 fully saturated rings. The zero-order valence-corrected chi connectivity index (χ0v) is 13.7. The molecule has 4 atom stereocenters. The maximum Gasteiger partial charge on any atom is 0.0656 e. The monoisotopic (exact) mass is 330 g/mol. The number of hydrogen-bond donors (Lipinski definition) is 0. The van der Waals surface area contributed by atoms with Crippen LogP contribution in [-0.2, 0) is 9.47 Å². The van der Waals surface area contributed by atoms with Gasteiger partial charge in [-0.05, 0) is 44.9 Å². The number of hydrogen-bond acceptors (Lipinski definition) is 2. The van der Waals surface area contributed by atoms with E-state index >= 15 is 0 Å². The lowest BCUT2D eigenvalue weighted by Crippen LogP contribution is -2.57. The lowest BCUT2D eigenvalue weighted by Gasteiger charge is -2.56. The van der Waals surface area contributed by atoms with Crippen molar-refractivity contribution in [2.45, 2.75) is 87.3 Å². The van der Waals surface area contributed by atoms with Crippen molar-refractivity contribution in [3.8, 4) is 0 Å². The molecule has 0 bridgehead atoms. The number of halogens is 1. The van der Waals surface area contributed by atoms with Gasteiger partial charge >= 0.3 is 0 Å². The third kappa shape index (κ3) is 2.75. The van der Waals surface area contributed by atoms with Crippen molar-refractivity contribution in [2.24, 2.45) is 5.41 Å². The summed E-state index contributed by atoms with van der Waals surface area (Å²) < 4.78 is 12.0. The Kier molecular flexibility index (Phi) is 4.55. The fourth-order valence-electron chi connectivity index (χ4n) is 4.41. The highest BCUT2D eigenvalue weighted by Gasteiger charge is 2.55. The molecule has 0 aromatic carbocycles. The van der Waals surface area contributed by atoms with Crippen molar-refractivity contribution in [2.75, 3.05) is 7.11 Å². The molecule has 0 amide bonds. The second kappa shape index (κ2) is 6.03. The molecule has 3 rings (SSSR count). The Morgan fingerprint density at radius 3 is 2.37 bits per heavy atom. The van der Waals surface area contributed by atoms with Crippen molar-refractivity contribution >= 4 is 15.9 Å². The van der Waals surface area contributed by atoms with Crippen LogP contribution in [0.5, 0.6) is 0 Å². The zero-order valence-electron chi connectivity index (χ0n) is 12.1. The van der Waals surface area contributed by atoms with Crippen LogP contribution in [0.4, 0.5) is 0 Å². The Labute approximate surface area is 125 Å². The average Bonchev–Trinajstić information content (AvgIpc) is 2.48. The van der Waals surface area contributed by atoms with E-state index < -0.39 is 0 Å². The molecule has 0 saturated heterocycles. The van der Waals surface area contributed by atoms with Crippen LogP contribution < -0.4 is 0 Å². The molecule has 3 heteroatoms. The minimum absolute atomic E-state index is 0.431. The normalized spacial score (nSPS) is 42.0. The van der Waals surface area contributed by atoms with E-state index in [1.807, 2.05) is 7.11 Å². The van der Waals surface area contributed by atoms with Gasteiger partial charge < -0.3 is 9.47 Å². The summed E-state index contributed by atoms with van der Waals surface area (Å²) in [5.41, 5.74) is 0.471. The van der Waals surface area contributed by atoms with E-state index in [0.717, 1.165) is 6.42 Å². The van der Waals surface area contributed by atoms with Crippen LogP contribution in [0.2, 0.25) is 0 Å². The van der Waals surface area contributed by atoms with Crippen molar-refractivity contribution in [1.82, 2.24) is 0 Å². The molecule has 110 valence electrons. The van der Waals surface area contributed by atoms with Gasteiger partial charge in [-0.25, -0.2) is 0 Å². The molecule has 0 N–H and O–H groups in total. The van der Waals surface area contributed by atoms with Crippen LogP contribution >= 0.6 is 15.9 Å². The minimum atomic E-state index is 0.431. The van der Waals surface area contributed by atoms with Gasteiger partial charge in [0.1, 0.15) is 0 Å². The summed E-state index contributed by atoms with van der Waals surface area (Å²) in [5.74, 6) is 0. The van der Waals surface area contributed by atoms with Crippen molar-refractivity contribution < 1.29 is 9.47 Å². The largest absolute Gasteiger partial charge is 0.381 e. The van der Waals surface area contributed by atoms with Crippen LogP contribution in [0.1, 0.15) is 64.2 Å². The predicted molar refractivity (Wildman–Crippen MR) is 80.8 cm³/mol. The summed E-state index contributed by atoms with van der Waals surface area (Å²) >= 11 is 3.90. The number of rotatable bonds is 3. The highest BCUT2D eigenvalue weighted by molar-refractivity contribution is 9.09. The molecular weight excluding hydrogens is 304 g/mol. The Bertz CT molecular complexity index is 301. The van der Waals surface area contributed by atoms with Crippen LogP contribution in [-0.4, -0.2) is 30.2 Å². The van der Waals surface area contributed by atoms with Crippen LogP contribution in [0.25, 0.3) is 0 Å². The highest BCUT2D eigenvalue weighted by atomic mass is 79.9. The van der Waals surface area contributed by atoms with Gasteiger partial charge in [0.05, 0.1) is 18.3 Å². The summed E-state index contributed by atoms with van der Waals surface area (Å²) in [6.07, 6.45) is 14.4. The lowest BCUT2D eigenvalue weighted by atomic mass is 9.58. The second-order valence-electron chi connectivity index (χ2n) is 6.77. The summed E-state index contributed by atoms with van der Waals surface area (Å²) in [5, 5.41) is 0. The molecule has 19 heavy (non-hydrogen) atoms. The Morgan fingerprint density at radius 2 is 1.68 bits per heavy atom. The van der Waals surface area contributed by atoms with Gasteiger partial charge in [-0.3, -0.25) is 0 Å². The Balaban J connectivity index is 1.57. The third-order valence-corrected chi connectivity index (χ3v) is 7.02. The van der Waals surface area contributed by atoms with Crippen molar-refractivity contribution in [1.29, 1.82) is 0 Å². The smallest absolute Gasteiger partial charge is 0.0656 e. The van der Waals surface area contributed by atoms with Crippen LogP contribution in [0, 0.1) is 5.41 Å². The molecule has 0 aliphatic heterocycles. The van der Waals surface area contributed by atoms with E-state index in [1.165, 1.54) is 57.8 Å². The first-order valence-electron chi connectivity index (χ1n) is 8.07. The quantitative estimate of drug-likeness (QED) is 0.712. The van der Waals surface area contributed by atoms with Gasteiger partial charge in [-0.15, -0.1) is 0 Å². The van der Waals surface area contributed by atoms with Gasteiger partial charge in [0.25, 0.3) is 0 Å². The zero-order chi connectivity index (χ0) is 13.3.